The molecule has 25 heavy (non-hydrogen) atoms. The van der Waals surface area contributed by atoms with Gasteiger partial charge in [0.2, 0.25) is 5.91 Å². The van der Waals surface area contributed by atoms with Crippen LogP contribution in [0.1, 0.15) is 53.6 Å². The van der Waals surface area contributed by atoms with E-state index in [1.807, 2.05) is 32.0 Å². The van der Waals surface area contributed by atoms with Crippen LogP contribution in [0.5, 0.6) is 0 Å². The van der Waals surface area contributed by atoms with Crippen molar-refractivity contribution in [3.05, 3.63) is 34.9 Å². The fourth-order valence-corrected chi connectivity index (χ4v) is 2.88. The number of hydrogen-bond donors (Lipinski definition) is 1. The fourth-order valence-electron chi connectivity index (χ4n) is 2.88. The third kappa shape index (κ3) is 6.96. The molecule has 0 aliphatic carbocycles. The number of Topliss-reactive ketones (excluding diaryl/α,β-unsaturated/α-hetero) is 1. The molecule has 0 bridgehead atoms. The lowest BCUT2D eigenvalue weighted by molar-refractivity contribution is -0.121. The number of aryl methyl sites for hydroxylation is 2. The van der Waals surface area contributed by atoms with Crippen LogP contribution in [0.4, 0.5) is 0 Å². The molecule has 1 aliphatic heterocycles. The second-order valence-electron chi connectivity index (χ2n) is 6.66. The summed E-state index contributed by atoms with van der Waals surface area (Å²) in [6.07, 6.45) is 3.67. The van der Waals surface area contributed by atoms with Crippen LogP contribution in [0.3, 0.4) is 0 Å². The van der Waals surface area contributed by atoms with Gasteiger partial charge in [-0.25, -0.2) is 0 Å². The molecule has 2 rings (SSSR count). The van der Waals surface area contributed by atoms with Crippen molar-refractivity contribution >= 4 is 11.7 Å². The number of hydrogen-bond acceptors (Lipinski definition) is 4. The van der Waals surface area contributed by atoms with E-state index in [4.69, 9.17) is 9.47 Å². The van der Waals surface area contributed by atoms with Gasteiger partial charge in [0.25, 0.3) is 0 Å². The number of carbonyl (C=O) groups excluding carboxylic acids is 2. The summed E-state index contributed by atoms with van der Waals surface area (Å²) >= 11 is 0. The summed E-state index contributed by atoms with van der Waals surface area (Å²) in [6.45, 7) is 6.54. The smallest absolute Gasteiger partial charge is 0.220 e. The standard InChI is InChI=1S/C20H29NO4/c1-15-6-7-16(2)18(13-15)19(22)8-9-20(23)21-10-4-11-24-14-17-5-3-12-25-17/h6-7,13,17H,3-5,8-12,14H2,1-2H3,(H,21,23). The topological polar surface area (TPSA) is 64.6 Å². The van der Waals surface area contributed by atoms with Gasteiger partial charge in [0.15, 0.2) is 5.78 Å². The number of amides is 1. The highest BCUT2D eigenvalue weighted by atomic mass is 16.5. The van der Waals surface area contributed by atoms with Crippen LogP contribution in [-0.4, -0.2) is 44.2 Å². The molecule has 1 aromatic rings. The Balaban J connectivity index is 1.55. The van der Waals surface area contributed by atoms with Gasteiger partial charge in [0.1, 0.15) is 0 Å². The van der Waals surface area contributed by atoms with Crippen molar-refractivity contribution in [1.82, 2.24) is 5.32 Å². The number of ether oxygens (including phenoxy) is 2. The molecular weight excluding hydrogens is 318 g/mol. The lowest BCUT2D eigenvalue weighted by Gasteiger charge is -2.10. The van der Waals surface area contributed by atoms with E-state index in [-0.39, 0.29) is 30.6 Å². The van der Waals surface area contributed by atoms with Crippen molar-refractivity contribution < 1.29 is 19.1 Å². The van der Waals surface area contributed by atoms with E-state index in [2.05, 4.69) is 5.32 Å². The number of rotatable bonds is 10. The van der Waals surface area contributed by atoms with Crippen LogP contribution in [0, 0.1) is 13.8 Å². The molecule has 5 heteroatoms. The maximum absolute atomic E-state index is 12.3. The van der Waals surface area contributed by atoms with Crippen molar-refractivity contribution in [1.29, 1.82) is 0 Å². The highest BCUT2D eigenvalue weighted by Crippen LogP contribution is 2.14. The number of ketones is 1. The normalized spacial score (nSPS) is 16.8. The molecular formula is C20H29NO4. The zero-order valence-corrected chi connectivity index (χ0v) is 15.3. The Labute approximate surface area is 150 Å². The molecule has 1 aromatic carbocycles. The van der Waals surface area contributed by atoms with Gasteiger partial charge in [0.05, 0.1) is 12.7 Å². The molecule has 0 aromatic heterocycles. The van der Waals surface area contributed by atoms with Crippen molar-refractivity contribution in [2.24, 2.45) is 0 Å². The molecule has 1 N–H and O–H groups in total. The summed E-state index contributed by atoms with van der Waals surface area (Å²) in [7, 11) is 0. The van der Waals surface area contributed by atoms with E-state index in [0.717, 1.165) is 42.6 Å². The molecule has 1 unspecified atom stereocenters. The molecule has 0 saturated carbocycles. The van der Waals surface area contributed by atoms with Gasteiger partial charge in [-0.15, -0.1) is 0 Å². The maximum Gasteiger partial charge on any atom is 0.220 e. The van der Waals surface area contributed by atoms with Gasteiger partial charge in [-0.1, -0.05) is 17.7 Å². The van der Waals surface area contributed by atoms with Gasteiger partial charge in [-0.05, 0) is 44.7 Å². The van der Waals surface area contributed by atoms with Crippen molar-refractivity contribution in [2.75, 3.05) is 26.4 Å². The molecule has 1 saturated heterocycles. The summed E-state index contributed by atoms with van der Waals surface area (Å²) in [5.41, 5.74) is 2.73. The SMILES string of the molecule is Cc1ccc(C)c(C(=O)CCC(=O)NCCCOCC2CCCO2)c1. The van der Waals surface area contributed by atoms with E-state index >= 15 is 0 Å². The van der Waals surface area contributed by atoms with E-state index in [1.54, 1.807) is 0 Å². The van der Waals surface area contributed by atoms with Gasteiger partial charge in [-0.2, -0.15) is 0 Å². The molecule has 0 spiro atoms. The first-order chi connectivity index (χ1) is 12.1. The van der Waals surface area contributed by atoms with Gasteiger partial charge >= 0.3 is 0 Å². The van der Waals surface area contributed by atoms with E-state index in [9.17, 15) is 9.59 Å². The first kappa shape index (κ1) is 19.6. The Morgan fingerprint density at radius 2 is 2.12 bits per heavy atom. The van der Waals surface area contributed by atoms with E-state index < -0.39 is 0 Å². The Hall–Kier alpha value is -1.72. The number of carbonyl (C=O) groups is 2. The predicted octanol–water partition coefficient (Wildman–Crippen LogP) is 2.97. The summed E-state index contributed by atoms with van der Waals surface area (Å²) in [5.74, 6) is -0.0611. The van der Waals surface area contributed by atoms with Crippen molar-refractivity contribution in [3.8, 4) is 0 Å². The van der Waals surface area contributed by atoms with Crippen LogP contribution in [0.25, 0.3) is 0 Å². The molecule has 0 radical (unpaired) electrons. The number of nitrogens with one attached hydrogen (secondary N) is 1. The Morgan fingerprint density at radius 1 is 1.28 bits per heavy atom. The number of benzene rings is 1. The molecule has 1 fully saturated rings. The second-order valence-corrected chi connectivity index (χ2v) is 6.66. The fraction of sp³-hybridized carbons (Fsp3) is 0.600. The average molecular weight is 347 g/mol. The Bertz CT molecular complexity index is 579. The monoisotopic (exact) mass is 347 g/mol. The average Bonchev–Trinajstić information content (AvgIpc) is 3.11. The first-order valence-electron chi connectivity index (χ1n) is 9.13. The van der Waals surface area contributed by atoms with Gasteiger partial charge in [-0.3, -0.25) is 9.59 Å². The van der Waals surface area contributed by atoms with Crippen molar-refractivity contribution in [3.63, 3.8) is 0 Å². The van der Waals surface area contributed by atoms with Crippen LogP contribution >= 0.6 is 0 Å². The largest absolute Gasteiger partial charge is 0.379 e. The maximum atomic E-state index is 12.3. The lowest BCUT2D eigenvalue weighted by atomic mass is 9.99. The molecule has 1 atom stereocenters. The molecule has 1 aliphatic rings. The third-order valence-corrected chi connectivity index (χ3v) is 4.39. The zero-order valence-electron chi connectivity index (χ0n) is 15.3. The minimum absolute atomic E-state index is 0.0243. The van der Waals surface area contributed by atoms with Crippen LogP contribution < -0.4 is 5.32 Å². The predicted molar refractivity (Wildman–Crippen MR) is 96.9 cm³/mol. The van der Waals surface area contributed by atoms with Crippen molar-refractivity contribution in [2.45, 2.75) is 52.1 Å². The van der Waals surface area contributed by atoms with E-state index in [1.165, 1.54) is 0 Å². The highest BCUT2D eigenvalue weighted by Gasteiger charge is 2.15. The minimum Gasteiger partial charge on any atom is -0.379 e. The Kier molecular flexibility index (Phi) is 8.09. The zero-order chi connectivity index (χ0) is 18.1. The molecule has 5 nitrogen and oxygen atoms in total. The lowest BCUT2D eigenvalue weighted by Crippen LogP contribution is -2.26. The molecule has 1 heterocycles. The van der Waals surface area contributed by atoms with Crippen LogP contribution in [0.15, 0.2) is 18.2 Å². The molecule has 1 amide bonds. The second kappa shape index (κ2) is 10.3. The molecule has 138 valence electrons. The highest BCUT2D eigenvalue weighted by molar-refractivity contribution is 5.99. The van der Waals surface area contributed by atoms with Crippen LogP contribution in [0.2, 0.25) is 0 Å². The van der Waals surface area contributed by atoms with E-state index in [0.29, 0.717) is 19.8 Å². The quantitative estimate of drug-likeness (QED) is 0.522. The van der Waals surface area contributed by atoms with Crippen LogP contribution in [-0.2, 0) is 14.3 Å². The summed E-state index contributed by atoms with van der Waals surface area (Å²) in [6, 6.07) is 5.82. The summed E-state index contributed by atoms with van der Waals surface area (Å²) < 4.78 is 11.0. The van der Waals surface area contributed by atoms with Gasteiger partial charge < -0.3 is 14.8 Å². The summed E-state index contributed by atoms with van der Waals surface area (Å²) in [4.78, 5) is 24.1. The minimum atomic E-state index is -0.0854. The third-order valence-electron chi connectivity index (χ3n) is 4.39. The summed E-state index contributed by atoms with van der Waals surface area (Å²) in [5, 5.41) is 2.84. The first-order valence-corrected chi connectivity index (χ1v) is 9.13. The van der Waals surface area contributed by atoms with Gasteiger partial charge in [0, 0.05) is 38.2 Å². The Morgan fingerprint density at radius 3 is 2.88 bits per heavy atom.